The Hall–Kier alpha value is -2.42. The summed E-state index contributed by atoms with van der Waals surface area (Å²) in [6, 6.07) is 16.0. The second kappa shape index (κ2) is 5.06. The minimum absolute atomic E-state index is 0.0495. The summed E-state index contributed by atoms with van der Waals surface area (Å²) in [7, 11) is 0. The summed E-state index contributed by atoms with van der Waals surface area (Å²) in [6.07, 6.45) is 3.41. The van der Waals surface area contributed by atoms with Gasteiger partial charge in [0.25, 0.3) is 0 Å². The van der Waals surface area contributed by atoms with Crippen molar-refractivity contribution in [2.75, 3.05) is 0 Å². The standard InChI is InChI=1S/C16H14N2O/c1-12-2-6-14(7-3-12)19-15-8-4-13(5-9-15)16-10-17-11-18-16/h2-11,16H,1H3. The molecule has 1 heterocycles. The topological polar surface area (TPSA) is 34.0 Å². The van der Waals surface area contributed by atoms with Crippen LogP contribution in [0.2, 0.25) is 0 Å². The summed E-state index contributed by atoms with van der Waals surface area (Å²) in [5.41, 5.74) is 2.34. The molecule has 0 aliphatic carbocycles. The smallest absolute Gasteiger partial charge is 0.127 e. The fraction of sp³-hybridized carbons (Fsp3) is 0.125. The van der Waals surface area contributed by atoms with Crippen molar-refractivity contribution in [3.05, 3.63) is 59.7 Å². The molecular formula is C16H14N2O. The quantitative estimate of drug-likeness (QED) is 0.812. The summed E-state index contributed by atoms with van der Waals surface area (Å²) in [5, 5.41) is 0. The van der Waals surface area contributed by atoms with E-state index in [2.05, 4.69) is 16.9 Å². The van der Waals surface area contributed by atoms with Crippen LogP contribution in [0.4, 0.5) is 0 Å². The van der Waals surface area contributed by atoms with Crippen LogP contribution in [0.1, 0.15) is 17.2 Å². The lowest BCUT2D eigenvalue weighted by atomic mass is 10.1. The van der Waals surface area contributed by atoms with Crippen LogP contribution < -0.4 is 4.74 Å². The first-order chi connectivity index (χ1) is 9.31. The van der Waals surface area contributed by atoms with Gasteiger partial charge in [0.15, 0.2) is 0 Å². The molecule has 94 valence electrons. The van der Waals surface area contributed by atoms with Gasteiger partial charge in [0.05, 0.1) is 0 Å². The maximum atomic E-state index is 5.78. The number of hydrogen-bond donors (Lipinski definition) is 0. The normalized spacial score (nSPS) is 16.8. The maximum Gasteiger partial charge on any atom is 0.127 e. The van der Waals surface area contributed by atoms with Crippen LogP contribution in [-0.4, -0.2) is 12.6 Å². The van der Waals surface area contributed by atoms with E-state index >= 15 is 0 Å². The van der Waals surface area contributed by atoms with Crippen molar-refractivity contribution in [3.63, 3.8) is 0 Å². The van der Waals surface area contributed by atoms with Crippen molar-refractivity contribution in [1.82, 2.24) is 0 Å². The van der Waals surface area contributed by atoms with Crippen LogP contribution in [0.5, 0.6) is 11.5 Å². The third-order valence-corrected chi connectivity index (χ3v) is 3.00. The Labute approximate surface area is 112 Å². The van der Waals surface area contributed by atoms with Crippen LogP contribution in [-0.2, 0) is 0 Å². The summed E-state index contributed by atoms with van der Waals surface area (Å²) in [4.78, 5) is 8.23. The van der Waals surface area contributed by atoms with Crippen molar-refractivity contribution in [2.24, 2.45) is 9.98 Å². The number of benzene rings is 2. The van der Waals surface area contributed by atoms with E-state index < -0.39 is 0 Å². The van der Waals surface area contributed by atoms with Crippen molar-refractivity contribution in [3.8, 4) is 11.5 Å². The number of aryl methyl sites for hydroxylation is 1. The number of rotatable bonds is 3. The van der Waals surface area contributed by atoms with E-state index in [0.717, 1.165) is 17.1 Å². The predicted molar refractivity (Wildman–Crippen MR) is 77.4 cm³/mol. The lowest BCUT2D eigenvalue weighted by molar-refractivity contribution is 0.482. The number of nitrogens with zero attached hydrogens (tertiary/aromatic N) is 2. The molecule has 3 heteroatoms. The Morgan fingerprint density at radius 1 is 0.895 bits per heavy atom. The average Bonchev–Trinajstić information content (AvgIpc) is 2.96. The van der Waals surface area contributed by atoms with Gasteiger partial charge in [-0.15, -0.1) is 0 Å². The second-order valence-electron chi connectivity index (χ2n) is 4.49. The van der Waals surface area contributed by atoms with Gasteiger partial charge in [-0.3, -0.25) is 4.99 Å². The van der Waals surface area contributed by atoms with E-state index in [0.29, 0.717) is 0 Å². The first kappa shape index (κ1) is 11.7. The van der Waals surface area contributed by atoms with E-state index in [1.807, 2.05) is 54.7 Å². The van der Waals surface area contributed by atoms with Crippen molar-refractivity contribution < 1.29 is 4.74 Å². The summed E-state index contributed by atoms with van der Waals surface area (Å²) >= 11 is 0. The van der Waals surface area contributed by atoms with E-state index in [4.69, 9.17) is 4.74 Å². The van der Waals surface area contributed by atoms with E-state index in [1.165, 1.54) is 5.56 Å². The molecule has 1 aliphatic rings. The average molecular weight is 250 g/mol. The Morgan fingerprint density at radius 2 is 1.53 bits per heavy atom. The third-order valence-electron chi connectivity index (χ3n) is 3.00. The van der Waals surface area contributed by atoms with Crippen LogP contribution in [0, 0.1) is 6.92 Å². The number of ether oxygens (including phenoxy) is 1. The minimum Gasteiger partial charge on any atom is -0.457 e. The number of aliphatic imine (C=N–C) groups is 2. The van der Waals surface area contributed by atoms with Gasteiger partial charge >= 0.3 is 0 Å². The lowest BCUT2D eigenvalue weighted by Crippen LogP contribution is -1.93. The van der Waals surface area contributed by atoms with Crippen LogP contribution in [0.15, 0.2) is 58.5 Å². The second-order valence-corrected chi connectivity index (χ2v) is 4.49. The fourth-order valence-electron chi connectivity index (χ4n) is 1.92. The molecule has 0 aromatic heterocycles. The highest BCUT2D eigenvalue weighted by Gasteiger charge is 2.09. The zero-order valence-corrected chi connectivity index (χ0v) is 10.7. The predicted octanol–water partition coefficient (Wildman–Crippen LogP) is 3.94. The SMILES string of the molecule is Cc1ccc(Oc2ccc(C3C=NC=N3)cc2)cc1. The molecule has 0 spiro atoms. The highest BCUT2D eigenvalue weighted by Crippen LogP contribution is 2.25. The van der Waals surface area contributed by atoms with Gasteiger partial charge in [0.1, 0.15) is 23.9 Å². The van der Waals surface area contributed by atoms with Gasteiger partial charge in [-0.25, -0.2) is 4.99 Å². The third kappa shape index (κ3) is 2.71. The molecular weight excluding hydrogens is 236 g/mol. The number of hydrogen-bond acceptors (Lipinski definition) is 3. The summed E-state index contributed by atoms with van der Waals surface area (Å²) in [5.74, 6) is 1.67. The van der Waals surface area contributed by atoms with Crippen LogP contribution in [0.3, 0.4) is 0 Å². The monoisotopic (exact) mass is 250 g/mol. The van der Waals surface area contributed by atoms with E-state index in [-0.39, 0.29) is 6.04 Å². The van der Waals surface area contributed by atoms with E-state index in [9.17, 15) is 0 Å². The molecule has 0 bridgehead atoms. The molecule has 0 saturated carbocycles. The highest BCUT2D eigenvalue weighted by molar-refractivity contribution is 5.83. The van der Waals surface area contributed by atoms with Crippen molar-refractivity contribution in [2.45, 2.75) is 13.0 Å². The Bertz CT molecular complexity index is 600. The van der Waals surface area contributed by atoms with Gasteiger partial charge in [-0.05, 0) is 36.8 Å². The van der Waals surface area contributed by atoms with Gasteiger partial charge in [-0.1, -0.05) is 29.8 Å². The molecule has 0 amide bonds. The molecule has 1 aliphatic heterocycles. The molecule has 19 heavy (non-hydrogen) atoms. The van der Waals surface area contributed by atoms with Crippen molar-refractivity contribution >= 4 is 12.6 Å². The summed E-state index contributed by atoms with van der Waals surface area (Å²) < 4.78 is 5.78. The first-order valence-electron chi connectivity index (χ1n) is 6.21. The molecule has 2 aromatic carbocycles. The van der Waals surface area contributed by atoms with E-state index in [1.54, 1.807) is 6.34 Å². The zero-order valence-electron chi connectivity index (χ0n) is 10.7. The Balaban J connectivity index is 1.73. The molecule has 1 atom stereocenters. The lowest BCUT2D eigenvalue weighted by Gasteiger charge is -2.08. The molecule has 3 nitrogen and oxygen atoms in total. The van der Waals surface area contributed by atoms with Gasteiger partial charge in [-0.2, -0.15) is 0 Å². The largest absolute Gasteiger partial charge is 0.457 e. The van der Waals surface area contributed by atoms with Crippen LogP contribution in [0.25, 0.3) is 0 Å². The molecule has 2 aromatic rings. The van der Waals surface area contributed by atoms with Gasteiger partial charge < -0.3 is 4.74 Å². The Morgan fingerprint density at radius 3 is 2.11 bits per heavy atom. The van der Waals surface area contributed by atoms with Gasteiger partial charge in [0, 0.05) is 6.21 Å². The maximum absolute atomic E-state index is 5.78. The molecule has 0 N–H and O–H groups in total. The van der Waals surface area contributed by atoms with Crippen LogP contribution >= 0.6 is 0 Å². The highest BCUT2D eigenvalue weighted by atomic mass is 16.5. The molecule has 3 rings (SSSR count). The zero-order chi connectivity index (χ0) is 13.1. The first-order valence-corrected chi connectivity index (χ1v) is 6.21. The van der Waals surface area contributed by atoms with Crippen molar-refractivity contribution in [1.29, 1.82) is 0 Å². The van der Waals surface area contributed by atoms with Gasteiger partial charge in [0.2, 0.25) is 0 Å². The minimum atomic E-state index is 0.0495. The molecule has 0 fully saturated rings. The summed E-state index contributed by atoms with van der Waals surface area (Å²) in [6.45, 7) is 2.06. The molecule has 0 radical (unpaired) electrons. The molecule has 1 unspecified atom stereocenters. The Kier molecular flexibility index (Phi) is 3.11. The fourth-order valence-corrected chi connectivity index (χ4v) is 1.92. The molecule has 0 saturated heterocycles.